The molecule has 9 aromatic rings. The van der Waals surface area contributed by atoms with Gasteiger partial charge in [-0.05, 0) is 140 Å². The molecule has 4 fully saturated rings. The molecular weight excluding hydrogens is 725 g/mol. The van der Waals surface area contributed by atoms with Gasteiger partial charge in [-0.2, -0.15) is 0 Å². The Morgan fingerprint density at radius 1 is 0.367 bits per heavy atom. The van der Waals surface area contributed by atoms with Gasteiger partial charge in [0.25, 0.3) is 0 Å². The lowest BCUT2D eigenvalue weighted by molar-refractivity contribution is -0.0391. The van der Waals surface area contributed by atoms with E-state index in [1.54, 1.807) is 11.1 Å². The lowest BCUT2D eigenvalue weighted by Gasteiger charge is -2.61. The largest absolute Gasteiger partial charge is 0.228 e. The van der Waals surface area contributed by atoms with Crippen LogP contribution in [-0.2, 0) is 5.41 Å². The third-order valence-electron chi connectivity index (χ3n) is 15.0. The molecule has 5 aliphatic carbocycles. The van der Waals surface area contributed by atoms with Crippen LogP contribution in [0.25, 0.3) is 88.8 Å². The number of nitrogens with zero attached hydrogens (tertiary/aromatic N) is 2. The van der Waals surface area contributed by atoms with Crippen molar-refractivity contribution in [2.45, 2.75) is 37.5 Å². The number of aromatic nitrogens is 2. The smallest absolute Gasteiger partial charge is 0.160 e. The number of benzene rings is 8. The van der Waals surface area contributed by atoms with Crippen molar-refractivity contribution in [2.75, 3.05) is 0 Å². The van der Waals surface area contributed by atoms with Crippen molar-refractivity contribution in [1.82, 2.24) is 9.97 Å². The second-order valence-corrected chi connectivity index (χ2v) is 18.1. The molecule has 0 unspecified atom stereocenters. The summed E-state index contributed by atoms with van der Waals surface area (Å²) in [7, 11) is 0. The van der Waals surface area contributed by atoms with Crippen molar-refractivity contribution in [1.29, 1.82) is 0 Å². The van der Waals surface area contributed by atoms with E-state index in [1.165, 1.54) is 87.4 Å². The molecule has 0 N–H and O–H groups in total. The van der Waals surface area contributed by atoms with Gasteiger partial charge in [0.1, 0.15) is 0 Å². The molecule has 1 heterocycles. The summed E-state index contributed by atoms with van der Waals surface area (Å²) in [6.45, 7) is 0. The molecule has 5 aliphatic rings. The number of hydrogen-bond acceptors (Lipinski definition) is 2. The molecule has 60 heavy (non-hydrogen) atoms. The molecule has 0 radical (unpaired) electrons. The topological polar surface area (TPSA) is 25.8 Å². The fraction of sp³-hybridized carbons (Fsp3) is 0.172. The predicted octanol–water partition coefficient (Wildman–Crippen LogP) is 14.8. The van der Waals surface area contributed by atoms with Crippen LogP contribution in [0.4, 0.5) is 0 Å². The summed E-state index contributed by atoms with van der Waals surface area (Å²) < 4.78 is 0. The van der Waals surface area contributed by atoms with Gasteiger partial charge in [-0.25, -0.2) is 9.97 Å². The van der Waals surface area contributed by atoms with E-state index < -0.39 is 0 Å². The van der Waals surface area contributed by atoms with Crippen molar-refractivity contribution in [3.63, 3.8) is 0 Å². The van der Waals surface area contributed by atoms with E-state index in [1.807, 2.05) is 0 Å². The van der Waals surface area contributed by atoms with Crippen molar-refractivity contribution >= 4 is 21.7 Å². The standard InChI is InChI=1S/C58H44N2/c1-2-11-38(12-3-1)39-23-25-41(26-24-39)56-52-19-6-7-22-53(52)59-57(60-56)45-17-9-15-43(35-45)42-14-8-16-44(34-42)49-20-10-21-50-51-28-27-40-13-4-5-18-48(40)54(51)58(55(49)50)46-30-36-29-37(32-46)33-47(58)31-36/h1-28,34-37,46-47H,29-33H2. The maximum absolute atomic E-state index is 5.30. The summed E-state index contributed by atoms with van der Waals surface area (Å²) in [6, 6.07) is 67.1. The molecule has 0 atom stereocenters. The molecule has 0 aliphatic heterocycles. The van der Waals surface area contributed by atoms with Crippen LogP contribution in [0, 0.1) is 23.7 Å². The van der Waals surface area contributed by atoms with Crippen molar-refractivity contribution < 1.29 is 0 Å². The molecule has 4 bridgehead atoms. The Kier molecular flexibility index (Phi) is 7.52. The maximum atomic E-state index is 5.30. The molecule has 14 rings (SSSR count). The van der Waals surface area contributed by atoms with Crippen LogP contribution in [0.2, 0.25) is 0 Å². The van der Waals surface area contributed by atoms with Crippen LogP contribution < -0.4 is 0 Å². The molecule has 8 aromatic carbocycles. The summed E-state index contributed by atoms with van der Waals surface area (Å²) in [6.07, 6.45) is 6.93. The van der Waals surface area contributed by atoms with Crippen molar-refractivity contribution in [3.8, 4) is 67.2 Å². The van der Waals surface area contributed by atoms with Gasteiger partial charge >= 0.3 is 0 Å². The Morgan fingerprint density at radius 2 is 0.933 bits per heavy atom. The monoisotopic (exact) mass is 768 g/mol. The van der Waals surface area contributed by atoms with E-state index in [-0.39, 0.29) is 5.41 Å². The van der Waals surface area contributed by atoms with Crippen LogP contribution in [0.3, 0.4) is 0 Å². The lowest BCUT2D eigenvalue weighted by Crippen LogP contribution is -2.55. The minimum absolute atomic E-state index is 0.0540. The molecule has 286 valence electrons. The van der Waals surface area contributed by atoms with E-state index in [9.17, 15) is 0 Å². The molecule has 0 saturated heterocycles. The van der Waals surface area contributed by atoms with Gasteiger partial charge in [0.15, 0.2) is 5.82 Å². The Balaban J connectivity index is 0.920. The highest BCUT2D eigenvalue weighted by molar-refractivity contribution is 6.00. The van der Waals surface area contributed by atoms with E-state index in [4.69, 9.17) is 9.97 Å². The molecule has 0 amide bonds. The van der Waals surface area contributed by atoms with E-state index in [0.717, 1.165) is 45.4 Å². The van der Waals surface area contributed by atoms with Gasteiger partial charge in [0.05, 0.1) is 11.2 Å². The number of hydrogen-bond donors (Lipinski definition) is 0. The fourth-order valence-electron chi connectivity index (χ4n) is 12.9. The first-order chi connectivity index (χ1) is 29.7. The van der Waals surface area contributed by atoms with Crippen LogP contribution in [0.1, 0.15) is 43.2 Å². The number of fused-ring (bicyclic) bond motifs is 6. The Hall–Kier alpha value is -6.64. The SMILES string of the molecule is c1ccc(-c2ccc(-c3nc(-c4cccc(-c5cccc(-c6cccc7c6C6(c8c-7ccc7ccccc87)C7CC8CC(C7)CC6C8)c5)c4)nc4ccccc34)cc2)cc1. The highest BCUT2D eigenvalue weighted by atomic mass is 14.9. The van der Waals surface area contributed by atoms with Crippen LogP contribution in [0.15, 0.2) is 182 Å². The minimum atomic E-state index is 0.0540. The zero-order valence-electron chi connectivity index (χ0n) is 33.6. The quantitative estimate of drug-likeness (QED) is 0.174. The fourth-order valence-corrected chi connectivity index (χ4v) is 12.9. The number of para-hydroxylation sites is 1. The molecule has 4 saturated carbocycles. The van der Waals surface area contributed by atoms with E-state index in [2.05, 4.69) is 182 Å². The molecule has 1 spiro atoms. The van der Waals surface area contributed by atoms with Gasteiger partial charge in [0, 0.05) is 21.9 Å². The summed E-state index contributed by atoms with van der Waals surface area (Å²) >= 11 is 0. The third-order valence-corrected chi connectivity index (χ3v) is 15.0. The molecular formula is C58H44N2. The van der Waals surface area contributed by atoms with Crippen LogP contribution >= 0.6 is 0 Å². The third kappa shape index (κ3) is 5.07. The summed E-state index contributed by atoms with van der Waals surface area (Å²) in [4.78, 5) is 10.4. The second kappa shape index (κ2) is 13.2. The normalized spacial score (nSPS) is 22.1. The predicted molar refractivity (Wildman–Crippen MR) is 247 cm³/mol. The van der Waals surface area contributed by atoms with Crippen molar-refractivity contribution in [2.24, 2.45) is 23.7 Å². The molecule has 1 aromatic heterocycles. The summed E-state index contributed by atoms with van der Waals surface area (Å²) in [5, 5.41) is 3.91. The highest BCUT2D eigenvalue weighted by Crippen LogP contribution is 2.71. The minimum Gasteiger partial charge on any atom is -0.228 e. The Labute approximate surface area is 351 Å². The van der Waals surface area contributed by atoms with Crippen LogP contribution in [-0.4, -0.2) is 9.97 Å². The first kappa shape index (κ1) is 34.2. The highest BCUT2D eigenvalue weighted by Gasteiger charge is 2.62. The van der Waals surface area contributed by atoms with E-state index in [0.29, 0.717) is 11.8 Å². The summed E-state index contributed by atoms with van der Waals surface area (Å²) in [5.41, 5.74) is 17.8. The zero-order valence-corrected chi connectivity index (χ0v) is 33.6. The van der Waals surface area contributed by atoms with E-state index >= 15 is 0 Å². The average Bonchev–Trinajstić information content (AvgIpc) is 3.62. The van der Waals surface area contributed by atoms with Gasteiger partial charge in [-0.3, -0.25) is 0 Å². The molecule has 2 nitrogen and oxygen atoms in total. The van der Waals surface area contributed by atoms with Crippen LogP contribution in [0.5, 0.6) is 0 Å². The Morgan fingerprint density at radius 3 is 1.72 bits per heavy atom. The number of rotatable bonds is 5. The Bertz CT molecular complexity index is 3130. The first-order valence-electron chi connectivity index (χ1n) is 22.0. The lowest BCUT2D eigenvalue weighted by atomic mass is 9.42. The zero-order chi connectivity index (χ0) is 39.4. The van der Waals surface area contributed by atoms with Gasteiger partial charge in [-0.15, -0.1) is 0 Å². The van der Waals surface area contributed by atoms with Crippen molar-refractivity contribution in [3.05, 3.63) is 193 Å². The average molecular weight is 769 g/mol. The first-order valence-corrected chi connectivity index (χ1v) is 22.0. The maximum Gasteiger partial charge on any atom is 0.160 e. The van der Waals surface area contributed by atoms with Gasteiger partial charge in [-0.1, -0.05) is 164 Å². The summed E-state index contributed by atoms with van der Waals surface area (Å²) in [5.74, 6) is 3.91. The van der Waals surface area contributed by atoms with Gasteiger partial charge < -0.3 is 0 Å². The molecule has 2 heteroatoms. The van der Waals surface area contributed by atoms with Gasteiger partial charge in [0.2, 0.25) is 0 Å². The second-order valence-electron chi connectivity index (χ2n) is 18.1.